The Kier molecular flexibility index (Phi) is 2.69. The highest BCUT2D eigenvalue weighted by Crippen LogP contribution is 2.48. The Morgan fingerprint density at radius 2 is 2.18 bits per heavy atom. The van der Waals surface area contributed by atoms with E-state index in [1.54, 1.807) is 0 Å². The van der Waals surface area contributed by atoms with Gasteiger partial charge in [0.25, 0.3) is 0 Å². The van der Waals surface area contributed by atoms with Crippen molar-refractivity contribution in [3.63, 3.8) is 0 Å². The summed E-state index contributed by atoms with van der Waals surface area (Å²) < 4.78 is 0. The molecule has 2 aliphatic carbocycles. The summed E-state index contributed by atoms with van der Waals surface area (Å²) in [7, 11) is 0. The summed E-state index contributed by atoms with van der Waals surface area (Å²) in [6.45, 7) is 6.87. The molecule has 0 aromatic rings. The number of piperazine rings is 1. The van der Waals surface area contributed by atoms with Crippen LogP contribution >= 0.6 is 0 Å². The standard InChI is InChI=1S/C14H24N2O/c1-14(2)13(17)16(6-5-15-14)9-12-8-10-3-4-11(12)7-10/h10-12,15H,3-9H2,1-2H3. The highest BCUT2D eigenvalue weighted by molar-refractivity contribution is 5.86. The molecule has 2 bridgehead atoms. The molecular weight excluding hydrogens is 212 g/mol. The van der Waals surface area contributed by atoms with E-state index in [4.69, 9.17) is 0 Å². The molecule has 1 amide bonds. The number of nitrogens with zero attached hydrogens (tertiary/aromatic N) is 1. The monoisotopic (exact) mass is 236 g/mol. The van der Waals surface area contributed by atoms with Gasteiger partial charge in [-0.2, -0.15) is 0 Å². The van der Waals surface area contributed by atoms with E-state index in [2.05, 4.69) is 10.2 Å². The van der Waals surface area contributed by atoms with E-state index in [0.717, 1.165) is 37.4 Å². The molecule has 1 saturated heterocycles. The van der Waals surface area contributed by atoms with Crippen LogP contribution in [0.1, 0.15) is 39.5 Å². The number of nitrogens with one attached hydrogen (secondary N) is 1. The van der Waals surface area contributed by atoms with Gasteiger partial charge in [0.05, 0.1) is 5.54 Å². The average molecular weight is 236 g/mol. The van der Waals surface area contributed by atoms with E-state index >= 15 is 0 Å². The van der Waals surface area contributed by atoms with Crippen LogP contribution in [0.15, 0.2) is 0 Å². The van der Waals surface area contributed by atoms with Gasteiger partial charge in [0.15, 0.2) is 0 Å². The average Bonchev–Trinajstić information content (AvgIpc) is 2.86. The van der Waals surface area contributed by atoms with E-state index in [1.807, 2.05) is 13.8 Å². The van der Waals surface area contributed by atoms with Crippen LogP contribution in [0.3, 0.4) is 0 Å². The van der Waals surface area contributed by atoms with Crippen molar-refractivity contribution in [1.82, 2.24) is 10.2 Å². The number of carbonyl (C=O) groups is 1. The number of hydrogen-bond acceptors (Lipinski definition) is 2. The molecule has 3 rings (SSSR count). The van der Waals surface area contributed by atoms with Crippen molar-refractivity contribution < 1.29 is 4.79 Å². The topological polar surface area (TPSA) is 32.3 Å². The quantitative estimate of drug-likeness (QED) is 0.790. The molecule has 3 aliphatic rings. The maximum atomic E-state index is 12.3. The summed E-state index contributed by atoms with van der Waals surface area (Å²) in [5, 5.41) is 3.31. The van der Waals surface area contributed by atoms with Crippen LogP contribution in [0.5, 0.6) is 0 Å². The van der Waals surface area contributed by atoms with Crippen molar-refractivity contribution in [2.24, 2.45) is 17.8 Å². The Morgan fingerprint density at radius 1 is 1.35 bits per heavy atom. The first-order valence-electron chi connectivity index (χ1n) is 7.10. The van der Waals surface area contributed by atoms with Gasteiger partial charge in [0.1, 0.15) is 0 Å². The Hall–Kier alpha value is -0.570. The number of carbonyl (C=O) groups excluding carboxylic acids is 1. The SMILES string of the molecule is CC1(C)NCCN(CC2CC3CCC2C3)C1=O. The van der Waals surface area contributed by atoms with Gasteiger partial charge in [-0.15, -0.1) is 0 Å². The van der Waals surface area contributed by atoms with E-state index in [1.165, 1.54) is 25.7 Å². The summed E-state index contributed by atoms with van der Waals surface area (Å²) in [4.78, 5) is 14.4. The highest BCUT2D eigenvalue weighted by atomic mass is 16.2. The predicted octanol–water partition coefficient (Wildman–Crippen LogP) is 1.63. The van der Waals surface area contributed by atoms with E-state index in [9.17, 15) is 4.79 Å². The van der Waals surface area contributed by atoms with Crippen LogP contribution in [0.4, 0.5) is 0 Å². The minimum absolute atomic E-state index is 0.298. The Balaban J connectivity index is 1.63. The third kappa shape index (κ3) is 1.99. The van der Waals surface area contributed by atoms with Gasteiger partial charge < -0.3 is 10.2 Å². The van der Waals surface area contributed by atoms with E-state index in [-0.39, 0.29) is 5.54 Å². The van der Waals surface area contributed by atoms with Crippen molar-refractivity contribution in [3.05, 3.63) is 0 Å². The number of rotatable bonds is 2. The zero-order valence-corrected chi connectivity index (χ0v) is 11.0. The van der Waals surface area contributed by atoms with Crippen molar-refractivity contribution in [3.8, 4) is 0 Å². The molecule has 3 heteroatoms. The highest BCUT2D eigenvalue weighted by Gasteiger charge is 2.42. The summed E-state index contributed by atoms with van der Waals surface area (Å²) in [5.41, 5.74) is -0.351. The largest absolute Gasteiger partial charge is 0.340 e. The minimum atomic E-state index is -0.351. The summed E-state index contributed by atoms with van der Waals surface area (Å²) in [6, 6.07) is 0. The molecule has 3 atom stereocenters. The molecule has 0 spiro atoms. The fourth-order valence-electron chi connectivity index (χ4n) is 4.13. The van der Waals surface area contributed by atoms with Crippen LogP contribution < -0.4 is 5.32 Å². The van der Waals surface area contributed by atoms with Gasteiger partial charge in [-0.25, -0.2) is 0 Å². The van der Waals surface area contributed by atoms with Crippen molar-refractivity contribution in [2.75, 3.05) is 19.6 Å². The lowest BCUT2D eigenvalue weighted by Crippen LogP contribution is -2.62. The number of fused-ring (bicyclic) bond motifs is 2. The maximum Gasteiger partial charge on any atom is 0.242 e. The van der Waals surface area contributed by atoms with Crippen LogP contribution in [-0.2, 0) is 4.79 Å². The molecule has 0 aromatic heterocycles. The second-order valence-corrected chi connectivity index (χ2v) is 6.74. The molecule has 96 valence electrons. The summed E-state index contributed by atoms with van der Waals surface area (Å²) >= 11 is 0. The number of amides is 1. The lowest BCUT2D eigenvalue weighted by molar-refractivity contribution is -0.140. The molecule has 1 heterocycles. The molecule has 2 saturated carbocycles. The summed E-state index contributed by atoms with van der Waals surface area (Å²) in [6.07, 6.45) is 5.68. The molecule has 3 unspecified atom stereocenters. The molecule has 17 heavy (non-hydrogen) atoms. The smallest absolute Gasteiger partial charge is 0.242 e. The second-order valence-electron chi connectivity index (χ2n) is 6.74. The number of hydrogen-bond donors (Lipinski definition) is 1. The van der Waals surface area contributed by atoms with Crippen LogP contribution in [-0.4, -0.2) is 36.0 Å². The lowest BCUT2D eigenvalue weighted by atomic mass is 9.87. The van der Waals surface area contributed by atoms with Crippen LogP contribution in [0, 0.1) is 17.8 Å². The van der Waals surface area contributed by atoms with Gasteiger partial charge in [-0.1, -0.05) is 6.42 Å². The summed E-state index contributed by atoms with van der Waals surface area (Å²) in [5.74, 6) is 3.00. The van der Waals surface area contributed by atoms with Crippen molar-refractivity contribution in [1.29, 1.82) is 0 Å². The fourth-order valence-corrected chi connectivity index (χ4v) is 4.13. The first-order valence-corrected chi connectivity index (χ1v) is 7.10. The fraction of sp³-hybridized carbons (Fsp3) is 0.929. The van der Waals surface area contributed by atoms with Crippen molar-refractivity contribution in [2.45, 2.75) is 45.1 Å². The van der Waals surface area contributed by atoms with E-state index in [0.29, 0.717) is 5.91 Å². The lowest BCUT2D eigenvalue weighted by Gasteiger charge is -2.40. The van der Waals surface area contributed by atoms with Gasteiger partial charge in [-0.3, -0.25) is 4.79 Å². The third-order valence-electron chi connectivity index (χ3n) is 5.11. The Morgan fingerprint density at radius 3 is 2.82 bits per heavy atom. The second kappa shape index (κ2) is 3.98. The first-order chi connectivity index (χ1) is 8.06. The molecule has 1 aliphatic heterocycles. The zero-order valence-electron chi connectivity index (χ0n) is 11.0. The van der Waals surface area contributed by atoms with Crippen molar-refractivity contribution >= 4 is 5.91 Å². The molecular formula is C14H24N2O. The molecule has 0 radical (unpaired) electrons. The van der Waals surface area contributed by atoms with Crippen LogP contribution in [0.25, 0.3) is 0 Å². The van der Waals surface area contributed by atoms with Gasteiger partial charge >= 0.3 is 0 Å². The minimum Gasteiger partial charge on any atom is -0.340 e. The first kappa shape index (κ1) is 11.5. The molecule has 3 nitrogen and oxygen atoms in total. The maximum absolute atomic E-state index is 12.3. The Labute approximate surface area is 104 Å². The van der Waals surface area contributed by atoms with Gasteiger partial charge in [0.2, 0.25) is 5.91 Å². The Bertz CT molecular complexity index is 326. The zero-order chi connectivity index (χ0) is 12.0. The molecule has 3 fully saturated rings. The molecule has 1 N–H and O–H groups in total. The van der Waals surface area contributed by atoms with Gasteiger partial charge in [-0.05, 0) is 50.9 Å². The van der Waals surface area contributed by atoms with Crippen LogP contribution in [0.2, 0.25) is 0 Å². The van der Waals surface area contributed by atoms with E-state index < -0.39 is 0 Å². The van der Waals surface area contributed by atoms with Gasteiger partial charge in [0, 0.05) is 19.6 Å². The third-order valence-corrected chi connectivity index (χ3v) is 5.11. The predicted molar refractivity (Wildman–Crippen MR) is 67.6 cm³/mol. The normalized spacial score (nSPS) is 40.0. The molecule has 0 aromatic carbocycles.